The average Bonchev–Trinajstić information content (AvgIpc) is 2.74. The van der Waals surface area contributed by atoms with E-state index in [4.69, 9.17) is 4.74 Å². The summed E-state index contributed by atoms with van der Waals surface area (Å²) in [7, 11) is 0. The molecule has 3 aromatic rings. The first-order valence-electron chi connectivity index (χ1n) is 9.06. The highest BCUT2D eigenvalue weighted by molar-refractivity contribution is 5.96. The topological polar surface area (TPSA) is 26.3 Å². The molecule has 0 aliphatic heterocycles. The molecule has 0 aliphatic carbocycles. The molecule has 0 N–H and O–H groups in total. The minimum atomic E-state index is -0.140. The Morgan fingerprint density at radius 3 is 2.07 bits per heavy atom. The normalized spacial score (nSPS) is 11.3. The molecule has 3 rings (SSSR count). The summed E-state index contributed by atoms with van der Waals surface area (Å²) in [6, 6.07) is 29.3. The highest BCUT2D eigenvalue weighted by Crippen LogP contribution is 2.21. The van der Waals surface area contributed by atoms with E-state index in [0.717, 1.165) is 16.7 Å². The Kier molecular flexibility index (Phi) is 6.98. The molecule has 2 heteroatoms. The van der Waals surface area contributed by atoms with Crippen LogP contribution in [0.25, 0.3) is 0 Å². The van der Waals surface area contributed by atoms with Crippen LogP contribution in [-0.2, 0) is 11.3 Å². The van der Waals surface area contributed by atoms with Crippen LogP contribution < -0.4 is 0 Å². The first-order chi connectivity index (χ1) is 13.3. The van der Waals surface area contributed by atoms with Crippen LogP contribution in [0.5, 0.6) is 0 Å². The Hall–Kier alpha value is -3.15. The SMILES string of the molecule is O=C(C[C@H](C#CCOCc1ccccc1)c1ccccc1)c1ccccc1. The van der Waals surface area contributed by atoms with E-state index in [9.17, 15) is 4.79 Å². The van der Waals surface area contributed by atoms with Crippen LogP contribution in [0, 0.1) is 11.8 Å². The second kappa shape index (κ2) is 10.1. The number of hydrogen-bond acceptors (Lipinski definition) is 2. The predicted octanol–water partition coefficient (Wildman–Crippen LogP) is 5.26. The standard InChI is InChI=1S/C25H22O2/c26-25(23-15-8-3-9-16-23)19-24(22-13-6-2-7-14-22)17-10-18-27-20-21-11-4-1-5-12-21/h1-9,11-16,24H,18-20H2/t24-/m0/s1. The van der Waals surface area contributed by atoms with E-state index in [0.29, 0.717) is 19.6 Å². The molecule has 0 unspecified atom stereocenters. The second-order valence-electron chi connectivity index (χ2n) is 6.26. The van der Waals surface area contributed by atoms with Gasteiger partial charge in [-0.15, -0.1) is 0 Å². The first kappa shape index (κ1) is 18.6. The Labute approximate surface area is 160 Å². The van der Waals surface area contributed by atoms with Gasteiger partial charge >= 0.3 is 0 Å². The van der Waals surface area contributed by atoms with Crippen molar-refractivity contribution < 1.29 is 9.53 Å². The van der Waals surface area contributed by atoms with Crippen molar-refractivity contribution >= 4 is 5.78 Å². The molecule has 0 saturated carbocycles. The van der Waals surface area contributed by atoms with Crippen molar-refractivity contribution in [2.75, 3.05) is 6.61 Å². The Morgan fingerprint density at radius 2 is 1.41 bits per heavy atom. The largest absolute Gasteiger partial charge is 0.364 e. The van der Waals surface area contributed by atoms with Crippen LogP contribution in [-0.4, -0.2) is 12.4 Å². The fraction of sp³-hybridized carbons (Fsp3) is 0.160. The quantitative estimate of drug-likeness (QED) is 0.328. The molecular weight excluding hydrogens is 332 g/mol. The molecule has 0 aliphatic rings. The summed E-state index contributed by atoms with van der Waals surface area (Å²) in [4.78, 5) is 12.6. The maximum atomic E-state index is 12.6. The van der Waals surface area contributed by atoms with E-state index in [1.165, 1.54) is 0 Å². The van der Waals surface area contributed by atoms with Gasteiger partial charge in [0.05, 0.1) is 12.5 Å². The number of rotatable bonds is 7. The van der Waals surface area contributed by atoms with Crippen molar-refractivity contribution in [1.82, 2.24) is 0 Å². The van der Waals surface area contributed by atoms with Crippen LogP contribution in [0.3, 0.4) is 0 Å². The Bertz CT molecular complexity index is 891. The second-order valence-corrected chi connectivity index (χ2v) is 6.26. The molecule has 0 fully saturated rings. The van der Waals surface area contributed by atoms with Crippen molar-refractivity contribution in [2.45, 2.75) is 18.9 Å². The minimum Gasteiger partial charge on any atom is -0.364 e. The van der Waals surface area contributed by atoms with Crippen molar-refractivity contribution in [3.05, 3.63) is 108 Å². The van der Waals surface area contributed by atoms with Crippen molar-refractivity contribution in [2.24, 2.45) is 0 Å². The van der Waals surface area contributed by atoms with Gasteiger partial charge < -0.3 is 4.74 Å². The van der Waals surface area contributed by atoms with Crippen LogP contribution in [0.2, 0.25) is 0 Å². The molecule has 0 bridgehead atoms. The predicted molar refractivity (Wildman–Crippen MR) is 108 cm³/mol. The summed E-state index contributed by atoms with van der Waals surface area (Å²) in [5.41, 5.74) is 2.90. The molecule has 1 atom stereocenters. The summed E-state index contributed by atoms with van der Waals surface area (Å²) in [6.07, 6.45) is 0.361. The number of hydrogen-bond donors (Lipinski definition) is 0. The number of carbonyl (C=O) groups excluding carboxylic acids is 1. The molecule has 0 radical (unpaired) electrons. The summed E-state index contributed by atoms with van der Waals surface area (Å²) in [6.45, 7) is 0.881. The molecule has 3 aromatic carbocycles. The van der Waals surface area contributed by atoms with Gasteiger partial charge in [0.25, 0.3) is 0 Å². The zero-order chi connectivity index (χ0) is 18.7. The summed E-state index contributed by atoms with van der Waals surface area (Å²) >= 11 is 0. The molecule has 0 heterocycles. The van der Waals surface area contributed by atoms with Gasteiger partial charge in [0.2, 0.25) is 0 Å². The lowest BCUT2D eigenvalue weighted by Crippen LogP contribution is -2.06. The van der Waals surface area contributed by atoms with E-state index in [-0.39, 0.29) is 11.7 Å². The monoisotopic (exact) mass is 354 g/mol. The van der Waals surface area contributed by atoms with Crippen molar-refractivity contribution in [3.8, 4) is 11.8 Å². The van der Waals surface area contributed by atoms with Gasteiger partial charge in [-0.25, -0.2) is 0 Å². The molecule has 0 aromatic heterocycles. The lowest BCUT2D eigenvalue weighted by Gasteiger charge is -2.10. The zero-order valence-electron chi connectivity index (χ0n) is 15.2. The Balaban J connectivity index is 1.63. The number of ketones is 1. The van der Waals surface area contributed by atoms with Gasteiger partial charge in [-0.1, -0.05) is 103 Å². The van der Waals surface area contributed by atoms with Gasteiger partial charge in [0, 0.05) is 12.0 Å². The van der Waals surface area contributed by atoms with E-state index < -0.39 is 0 Å². The van der Waals surface area contributed by atoms with E-state index in [1.54, 1.807) is 0 Å². The summed E-state index contributed by atoms with van der Waals surface area (Å²) in [5, 5.41) is 0. The highest BCUT2D eigenvalue weighted by atomic mass is 16.5. The average molecular weight is 354 g/mol. The third-order valence-electron chi connectivity index (χ3n) is 4.25. The molecule has 0 spiro atoms. The molecular formula is C25H22O2. The van der Waals surface area contributed by atoms with Gasteiger partial charge in [0.15, 0.2) is 5.78 Å². The van der Waals surface area contributed by atoms with Gasteiger partial charge in [-0.3, -0.25) is 4.79 Å². The first-order valence-corrected chi connectivity index (χ1v) is 9.06. The van der Waals surface area contributed by atoms with E-state index in [1.807, 2.05) is 91.0 Å². The van der Waals surface area contributed by atoms with Crippen LogP contribution in [0.1, 0.15) is 33.8 Å². The van der Waals surface area contributed by atoms with Gasteiger partial charge in [-0.05, 0) is 11.1 Å². The number of ether oxygens (including phenoxy) is 1. The lowest BCUT2D eigenvalue weighted by molar-refractivity contribution is 0.0979. The maximum absolute atomic E-state index is 12.6. The fourth-order valence-electron chi connectivity index (χ4n) is 2.82. The van der Waals surface area contributed by atoms with Crippen LogP contribution >= 0.6 is 0 Å². The van der Waals surface area contributed by atoms with Crippen LogP contribution in [0.15, 0.2) is 91.0 Å². The molecule has 0 saturated heterocycles. The lowest BCUT2D eigenvalue weighted by atomic mass is 9.92. The van der Waals surface area contributed by atoms with Gasteiger partial charge in [0.1, 0.15) is 6.61 Å². The van der Waals surface area contributed by atoms with Crippen LogP contribution in [0.4, 0.5) is 0 Å². The molecule has 2 nitrogen and oxygen atoms in total. The fourth-order valence-corrected chi connectivity index (χ4v) is 2.82. The molecule has 0 amide bonds. The van der Waals surface area contributed by atoms with Crippen molar-refractivity contribution in [1.29, 1.82) is 0 Å². The zero-order valence-corrected chi connectivity index (χ0v) is 15.2. The number of benzene rings is 3. The minimum absolute atomic E-state index is 0.101. The van der Waals surface area contributed by atoms with E-state index in [2.05, 4.69) is 11.8 Å². The Morgan fingerprint density at radius 1 is 0.815 bits per heavy atom. The summed E-state index contributed by atoms with van der Waals surface area (Å²) < 4.78 is 5.64. The summed E-state index contributed by atoms with van der Waals surface area (Å²) in [5.74, 6) is 6.28. The van der Waals surface area contributed by atoms with E-state index >= 15 is 0 Å². The smallest absolute Gasteiger partial charge is 0.164 e. The number of carbonyl (C=O) groups is 1. The number of Topliss-reactive ketones (excluding diaryl/α,β-unsaturated/α-hetero) is 1. The highest BCUT2D eigenvalue weighted by Gasteiger charge is 2.15. The maximum Gasteiger partial charge on any atom is 0.164 e. The molecule has 134 valence electrons. The third-order valence-corrected chi connectivity index (χ3v) is 4.25. The molecule has 27 heavy (non-hydrogen) atoms. The van der Waals surface area contributed by atoms with Crippen molar-refractivity contribution in [3.63, 3.8) is 0 Å². The third kappa shape index (κ3) is 5.95. The van der Waals surface area contributed by atoms with Gasteiger partial charge in [-0.2, -0.15) is 0 Å².